The van der Waals surface area contributed by atoms with Gasteiger partial charge in [-0.25, -0.2) is 0 Å². The summed E-state index contributed by atoms with van der Waals surface area (Å²) in [6.45, 7) is 5.91. The molecule has 0 radical (unpaired) electrons. The van der Waals surface area contributed by atoms with Gasteiger partial charge in [-0.05, 0) is 18.1 Å². The van der Waals surface area contributed by atoms with Gasteiger partial charge in [0.25, 0.3) is 0 Å². The van der Waals surface area contributed by atoms with Gasteiger partial charge in [0.05, 0.1) is 0 Å². The Morgan fingerprint density at radius 1 is 1.40 bits per heavy atom. The summed E-state index contributed by atoms with van der Waals surface area (Å²) >= 11 is 0. The highest BCUT2D eigenvalue weighted by atomic mass is 16.1. The molecule has 0 fully saturated rings. The summed E-state index contributed by atoms with van der Waals surface area (Å²) in [4.78, 5) is 11.7. The summed E-state index contributed by atoms with van der Waals surface area (Å²) in [5.41, 5.74) is 1.86. The van der Waals surface area contributed by atoms with Crippen LogP contribution in [0.2, 0.25) is 0 Å². The first-order valence-corrected chi connectivity index (χ1v) is 5.11. The van der Waals surface area contributed by atoms with Crippen molar-refractivity contribution in [3.63, 3.8) is 0 Å². The Morgan fingerprint density at radius 3 is 2.87 bits per heavy atom. The fraction of sp³-hybridized carbons (Fsp3) is 0.214. The molecular formula is C14H14O. The molecule has 1 heteroatoms. The van der Waals surface area contributed by atoms with Gasteiger partial charge in [-0.2, -0.15) is 0 Å². The smallest absolute Gasteiger partial charge is 0.185 e. The van der Waals surface area contributed by atoms with Gasteiger partial charge in [0.1, 0.15) is 0 Å². The number of hydrogen-bond acceptors (Lipinski definition) is 1. The second kappa shape index (κ2) is 3.50. The summed E-state index contributed by atoms with van der Waals surface area (Å²) in [6, 6.07) is 7.81. The maximum absolute atomic E-state index is 11.7. The van der Waals surface area contributed by atoms with Crippen LogP contribution in [0.4, 0.5) is 0 Å². The lowest BCUT2D eigenvalue weighted by Crippen LogP contribution is -2.25. The average molecular weight is 198 g/mol. The number of fused-ring (bicyclic) bond motifs is 1. The number of carbonyl (C=O) groups excluding carboxylic acids is 1. The second-order valence-electron chi connectivity index (χ2n) is 4.15. The molecule has 1 nitrogen and oxygen atoms in total. The Morgan fingerprint density at radius 2 is 2.13 bits per heavy atom. The molecule has 0 saturated heterocycles. The lowest BCUT2D eigenvalue weighted by atomic mass is 9.73. The zero-order valence-electron chi connectivity index (χ0n) is 8.86. The van der Waals surface area contributed by atoms with E-state index in [1.54, 1.807) is 6.08 Å². The third kappa shape index (κ3) is 1.54. The SMILES string of the molecule is C=CC[C@]1(C)C=CC(=O)c2ccccc21. The van der Waals surface area contributed by atoms with Crippen LogP contribution in [0, 0.1) is 0 Å². The van der Waals surface area contributed by atoms with Crippen LogP contribution in [0.25, 0.3) is 0 Å². The van der Waals surface area contributed by atoms with E-state index in [1.165, 1.54) is 0 Å². The molecule has 15 heavy (non-hydrogen) atoms. The van der Waals surface area contributed by atoms with Crippen molar-refractivity contribution in [3.05, 3.63) is 60.2 Å². The van der Waals surface area contributed by atoms with Crippen LogP contribution in [0.5, 0.6) is 0 Å². The normalized spacial score (nSPS) is 23.7. The van der Waals surface area contributed by atoms with Crippen LogP contribution in [-0.4, -0.2) is 5.78 Å². The summed E-state index contributed by atoms with van der Waals surface area (Å²) in [5, 5.41) is 0. The van der Waals surface area contributed by atoms with E-state index in [-0.39, 0.29) is 11.2 Å². The summed E-state index contributed by atoms with van der Waals surface area (Å²) < 4.78 is 0. The first-order chi connectivity index (χ1) is 7.17. The minimum atomic E-state index is -0.0771. The van der Waals surface area contributed by atoms with Crippen molar-refractivity contribution in [2.24, 2.45) is 0 Å². The molecular weight excluding hydrogens is 184 g/mol. The quantitative estimate of drug-likeness (QED) is 0.666. The van der Waals surface area contributed by atoms with Gasteiger partial charge in [0.2, 0.25) is 0 Å². The molecule has 1 aromatic rings. The molecule has 2 rings (SSSR count). The van der Waals surface area contributed by atoms with Gasteiger partial charge in [0, 0.05) is 11.0 Å². The van der Waals surface area contributed by atoms with Crippen LogP contribution in [0.3, 0.4) is 0 Å². The third-order valence-electron chi connectivity index (χ3n) is 2.98. The molecule has 1 aliphatic rings. The van der Waals surface area contributed by atoms with E-state index in [2.05, 4.69) is 13.5 Å². The molecule has 0 unspecified atom stereocenters. The Labute approximate surface area is 90.1 Å². The van der Waals surface area contributed by atoms with Crippen LogP contribution < -0.4 is 0 Å². The van der Waals surface area contributed by atoms with Gasteiger partial charge >= 0.3 is 0 Å². The molecule has 0 aliphatic heterocycles. The molecule has 0 aromatic heterocycles. The molecule has 0 N–H and O–H groups in total. The Kier molecular flexibility index (Phi) is 2.31. The van der Waals surface area contributed by atoms with Crippen molar-refractivity contribution in [1.29, 1.82) is 0 Å². The highest BCUT2D eigenvalue weighted by Crippen LogP contribution is 2.35. The lowest BCUT2D eigenvalue weighted by molar-refractivity contribution is 0.104. The Balaban J connectivity index is 2.59. The maximum Gasteiger partial charge on any atom is 0.185 e. The number of rotatable bonds is 2. The summed E-state index contributed by atoms with van der Waals surface area (Å²) in [7, 11) is 0. The second-order valence-corrected chi connectivity index (χ2v) is 4.15. The van der Waals surface area contributed by atoms with E-state index < -0.39 is 0 Å². The van der Waals surface area contributed by atoms with Crippen molar-refractivity contribution >= 4 is 5.78 Å². The third-order valence-corrected chi connectivity index (χ3v) is 2.98. The van der Waals surface area contributed by atoms with E-state index in [0.717, 1.165) is 17.5 Å². The maximum atomic E-state index is 11.7. The topological polar surface area (TPSA) is 17.1 Å². The van der Waals surface area contributed by atoms with E-state index in [9.17, 15) is 4.79 Å². The van der Waals surface area contributed by atoms with Crippen molar-refractivity contribution in [1.82, 2.24) is 0 Å². The highest BCUT2D eigenvalue weighted by molar-refractivity contribution is 6.07. The van der Waals surface area contributed by atoms with Crippen molar-refractivity contribution in [2.45, 2.75) is 18.8 Å². The molecule has 76 valence electrons. The van der Waals surface area contributed by atoms with Crippen molar-refractivity contribution in [3.8, 4) is 0 Å². The molecule has 0 saturated carbocycles. The van der Waals surface area contributed by atoms with E-state index in [4.69, 9.17) is 0 Å². The van der Waals surface area contributed by atoms with Crippen molar-refractivity contribution in [2.75, 3.05) is 0 Å². The van der Waals surface area contributed by atoms with Gasteiger partial charge < -0.3 is 0 Å². The molecule has 1 atom stereocenters. The molecule has 1 aromatic carbocycles. The van der Waals surface area contributed by atoms with Crippen LogP contribution >= 0.6 is 0 Å². The van der Waals surface area contributed by atoms with E-state index in [0.29, 0.717) is 0 Å². The van der Waals surface area contributed by atoms with Gasteiger partial charge in [-0.15, -0.1) is 6.58 Å². The number of hydrogen-bond donors (Lipinski definition) is 0. The van der Waals surface area contributed by atoms with E-state index >= 15 is 0 Å². The first kappa shape index (κ1) is 9.91. The molecule has 0 spiro atoms. The molecule has 0 amide bonds. The standard InChI is InChI=1S/C14H14O/c1-3-9-14(2)10-8-13(15)11-6-4-5-7-12(11)14/h3-8,10H,1,9H2,2H3/t14-/m1/s1. The fourth-order valence-corrected chi connectivity index (χ4v) is 2.11. The number of allylic oxidation sites excluding steroid dienone is 3. The monoisotopic (exact) mass is 198 g/mol. The van der Waals surface area contributed by atoms with Crippen LogP contribution in [-0.2, 0) is 5.41 Å². The molecule has 0 bridgehead atoms. The summed E-state index contributed by atoms with van der Waals surface area (Å²) in [5.74, 6) is 0.104. The number of benzene rings is 1. The van der Waals surface area contributed by atoms with E-state index in [1.807, 2.05) is 36.4 Å². The fourth-order valence-electron chi connectivity index (χ4n) is 2.11. The molecule has 1 aliphatic carbocycles. The minimum Gasteiger partial charge on any atom is -0.289 e. The lowest BCUT2D eigenvalue weighted by Gasteiger charge is -2.30. The minimum absolute atomic E-state index is 0.0771. The highest BCUT2D eigenvalue weighted by Gasteiger charge is 2.29. The largest absolute Gasteiger partial charge is 0.289 e. The van der Waals surface area contributed by atoms with Crippen LogP contribution in [0.15, 0.2) is 49.1 Å². The Bertz CT molecular complexity index is 442. The predicted molar refractivity (Wildman–Crippen MR) is 62.1 cm³/mol. The van der Waals surface area contributed by atoms with Gasteiger partial charge in [-0.1, -0.05) is 43.3 Å². The van der Waals surface area contributed by atoms with Gasteiger partial charge in [0.15, 0.2) is 5.78 Å². The zero-order chi connectivity index (χ0) is 10.9. The molecule has 0 heterocycles. The Hall–Kier alpha value is -1.63. The van der Waals surface area contributed by atoms with Crippen LogP contribution in [0.1, 0.15) is 29.3 Å². The predicted octanol–water partition coefficient (Wildman–Crippen LogP) is 3.27. The van der Waals surface area contributed by atoms with Gasteiger partial charge in [-0.3, -0.25) is 4.79 Å². The average Bonchev–Trinajstić information content (AvgIpc) is 2.25. The number of carbonyl (C=O) groups is 1. The van der Waals surface area contributed by atoms with Crippen molar-refractivity contribution < 1.29 is 4.79 Å². The first-order valence-electron chi connectivity index (χ1n) is 5.11. The number of ketones is 1. The zero-order valence-corrected chi connectivity index (χ0v) is 8.86. The summed E-state index contributed by atoms with van der Waals surface area (Å²) in [6.07, 6.45) is 6.41.